The van der Waals surface area contributed by atoms with Crippen LogP contribution >= 0.6 is 0 Å². The summed E-state index contributed by atoms with van der Waals surface area (Å²) in [7, 11) is 0. The molecule has 15 heavy (non-hydrogen) atoms. The Bertz CT molecular complexity index is 328. The number of hydrogen-bond acceptors (Lipinski definition) is 4. The molecule has 1 rings (SSSR count). The van der Waals surface area contributed by atoms with Crippen molar-refractivity contribution in [1.29, 1.82) is 0 Å². The van der Waals surface area contributed by atoms with Crippen molar-refractivity contribution in [3.63, 3.8) is 0 Å². The lowest BCUT2D eigenvalue weighted by Gasteiger charge is -2.17. The van der Waals surface area contributed by atoms with Crippen LogP contribution in [0.15, 0.2) is 18.2 Å². The van der Waals surface area contributed by atoms with Gasteiger partial charge in [0, 0.05) is 12.3 Å². The summed E-state index contributed by atoms with van der Waals surface area (Å²) in [6, 6.07) is 5.15. The normalized spacial score (nSPS) is 14.9. The van der Waals surface area contributed by atoms with Gasteiger partial charge in [0.25, 0.3) is 0 Å². The van der Waals surface area contributed by atoms with Crippen LogP contribution in [0.1, 0.15) is 23.7 Å². The summed E-state index contributed by atoms with van der Waals surface area (Å²) in [6.45, 7) is 1.72. The Hall–Kier alpha value is -1.10. The van der Waals surface area contributed by atoms with E-state index in [1.165, 1.54) is 0 Å². The van der Waals surface area contributed by atoms with Crippen LogP contribution in [0.3, 0.4) is 0 Å². The predicted octanol–water partition coefficient (Wildman–Crippen LogP) is 0.354. The number of nitrogens with two attached hydrogens (primary N) is 1. The molecule has 0 saturated carbocycles. The van der Waals surface area contributed by atoms with E-state index in [1.807, 2.05) is 6.92 Å². The lowest BCUT2D eigenvalue weighted by molar-refractivity contribution is 0.00424. The van der Waals surface area contributed by atoms with Crippen LogP contribution in [0.2, 0.25) is 0 Å². The molecule has 1 aromatic carbocycles. The molecule has 0 amide bonds. The molecule has 2 atom stereocenters. The van der Waals surface area contributed by atoms with E-state index in [2.05, 4.69) is 0 Å². The average molecular weight is 211 g/mol. The number of rotatable bonds is 4. The Labute approximate surface area is 89.0 Å². The van der Waals surface area contributed by atoms with E-state index in [9.17, 15) is 10.2 Å². The zero-order valence-corrected chi connectivity index (χ0v) is 8.72. The SMILES string of the molecule is Cc1ccc(C(O)C(O)CCO)cc1N. The summed E-state index contributed by atoms with van der Waals surface area (Å²) in [5.74, 6) is 0. The number of hydrogen-bond donors (Lipinski definition) is 4. The zero-order chi connectivity index (χ0) is 11.4. The fourth-order valence-corrected chi connectivity index (χ4v) is 1.36. The van der Waals surface area contributed by atoms with Crippen molar-refractivity contribution in [2.45, 2.75) is 25.6 Å². The molecule has 5 N–H and O–H groups in total. The minimum absolute atomic E-state index is 0.148. The number of aliphatic hydroxyl groups is 3. The number of aryl methyl sites for hydroxylation is 1. The lowest BCUT2D eigenvalue weighted by atomic mass is 10.0. The van der Waals surface area contributed by atoms with Gasteiger partial charge in [-0.3, -0.25) is 0 Å². The first-order valence-electron chi connectivity index (χ1n) is 4.89. The van der Waals surface area contributed by atoms with Gasteiger partial charge >= 0.3 is 0 Å². The predicted molar refractivity (Wildman–Crippen MR) is 58.3 cm³/mol. The van der Waals surface area contributed by atoms with E-state index in [-0.39, 0.29) is 13.0 Å². The Morgan fingerprint density at radius 1 is 1.33 bits per heavy atom. The topological polar surface area (TPSA) is 86.7 Å². The van der Waals surface area contributed by atoms with Crippen LogP contribution in [0, 0.1) is 6.92 Å². The van der Waals surface area contributed by atoms with Crippen LogP contribution in [0.5, 0.6) is 0 Å². The van der Waals surface area contributed by atoms with Gasteiger partial charge in [-0.2, -0.15) is 0 Å². The van der Waals surface area contributed by atoms with Gasteiger partial charge in [-0.1, -0.05) is 12.1 Å². The Kier molecular flexibility index (Phi) is 4.08. The molecule has 0 heterocycles. The Balaban J connectivity index is 2.81. The van der Waals surface area contributed by atoms with Crippen molar-refractivity contribution in [2.75, 3.05) is 12.3 Å². The van der Waals surface area contributed by atoms with Crippen molar-refractivity contribution in [2.24, 2.45) is 0 Å². The standard InChI is InChI=1S/C11H17NO3/c1-7-2-3-8(6-9(7)12)11(15)10(14)4-5-13/h2-3,6,10-11,13-15H,4-5,12H2,1H3. The van der Waals surface area contributed by atoms with E-state index in [0.717, 1.165) is 5.56 Å². The lowest BCUT2D eigenvalue weighted by Crippen LogP contribution is -2.19. The fourth-order valence-electron chi connectivity index (χ4n) is 1.36. The third-order valence-corrected chi connectivity index (χ3v) is 2.43. The van der Waals surface area contributed by atoms with Crippen molar-refractivity contribution in [3.05, 3.63) is 29.3 Å². The van der Waals surface area contributed by atoms with Crippen LogP contribution < -0.4 is 5.73 Å². The third-order valence-electron chi connectivity index (χ3n) is 2.43. The fraction of sp³-hybridized carbons (Fsp3) is 0.455. The first-order chi connectivity index (χ1) is 7.06. The van der Waals surface area contributed by atoms with Crippen molar-refractivity contribution in [3.8, 4) is 0 Å². The number of benzene rings is 1. The maximum absolute atomic E-state index is 9.72. The smallest absolute Gasteiger partial charge is 0.105 e. The molecule has 84 valence electrons. The molecular weight excluding hydrogens is 194 g/mol. The molecular formula is C11H17NO3. The quantitative estimate of drug-likeness (QED) is 0.541. The summed E-state index contributed by atoms with van der Waals surface area (Å²) >= 11 is 0. The van der Waals surface area contributed by atoms with Gasteiger partial charge in [-0.25, -0.2) is 0 Å². The first-order valence-corrected chi connectivity index (χ1v) is 4.89. The maximum atomic E-state index is 9.72. The van der Waals surface area contributed by atoms with Crippen LogP contribution in [-0.2, 0) is 0 Å². The molecule has 0 spiro atoms. The average Bonchev–Trinajstić information content (AvgIpc) is 2.21. The van der Waals surface area contributed by atoms with Gasteiger partial charge in [0.15, 0.2) is 0 Å². The maximum Gasteiger partial charge on any atom is 0.105 e. The van der Waals surface area contributed by atoms with E-state index in [0.29, 0.717) is 11.3 Å². The summed E-state index contributed by atoms with van der Waals surface area (Å²) in [6.07, 6.45) is -1.81. The molecule has 4 heteroatoms. The van der Waals surface area contributed by atoms with Gasteiger partial charge < -0.3 is 21.1 Å². The molecule has 0 saturated heterocycles. The number of nitrogen functional groups attached to an aromatic ring is 1. The second kappa shape index (κ2) is 5.11. The van der Waals surface area contributed by atoms with Gasteiger partial charge in [0.2, 0.25) is 0 Å². The Morgan fingerprint density at radius 3 is 2.53 bits per heavy atom. The second-order valence-electron chi connectivity index (χ2n) is 3.64. The number of aliphatic hydroxyl groups excluding tert-OH is 3. The number of anilines is 1. The molecule has 0 radical (unpaired) electrons. The van der Waals surface area contributed by atoms with E-state index < -0.39 is 12.2 Å². The minimum Gasteiger partial charge on any atom is -0.399 e. The summed E-state index contributed by atoms with van der Waals surface area (Å²) < 4.78 is 0. The van der Waals surface area contributed by atoms with Crippen molar-refractivity contribution >= 4 is 5.69 Å². The Morgan fingerprint density at radius 2 is 2.00 bits per heavy atom. The minimum atomic E-state index is -1.000. The highest BCUT2D eigenvalue weighted by Gasteiger charge is 2.17. The molecule has 1 aromatic rings. The zero-order valence-electron chi connectivity index (χ0n) is 8.72. The van der Waals surface area contributed by atoms with Crippen LogP contribution in [-0.4, -0.2) is 28.0 Å². The van der Waals surface area contributed by atoms with Crippen molar-refractivity contribution in [1.82, 2.24) is 0 Å². The highest BCUT2D eigenvalue weighted by Crippen LogP contribution is 2.22. The van der Waals surface area contributed by atoms with Gasteiger partial charge in [0.05, 0.1) is 6.10 Å². The van der Waals surface area contributed by atoms with Gasteiger partial charge in [-0.05, 0) is 30.5 Å². The van der Waals surface area contributed by atoms with E-state index in [4.69, 9.17) is 10.8 Å². The molecule has 0 aliphatic rings. The molecule has 0 aromatic heterocycles. The third kappa shape index (κ3) is 2.92. The van der Waals surface area contributed by atoms with Gasteiger partial charge in [0.1, 0.15) is 6.10 Å². The highest BCUT2D eigenvalue weighted by atomic mass is 16.3. The van der Waals surface area contributed by atoms with Crippen LogP contribution in [0.4, 0.5) is 5.69 Å². The summed E-state index contributed by atoms with van der Waals surface area (Å²) in [4.78, 5) is 0. The molecule has 0 bridgehead atoms. The summed E-state index contributed by atoms with van der Waals surface area (Å²) in [5.41, 5.74) is 7.78. The second-order valence-corrected chi connectivity index (χ2v) is 3.64. The molecule has 2 unspecified atom stereocenters. The largest absolute Gasteiger partial charge is 0.399 e. The van der Waals surface area contributed by atoms with Gasteiger partial charge in [-0.15, -0.1) is 0 Å². The molecule has 4 nitrogen and oxygen atoms in total. The highest BCUT2D eigenvalue weighted by molar-refractivity contribution is 5.48. The molecule has 0 aliphatic carbocycles. The monoisotopic (exact) mass is 211 g/mol. The first kappa shape index (κ1) is 12.0. The van der Waals surface area contributed by atoms with Crippen molar-refractivity contribution < 1.29 is 15.3 Å². The molecule has 0 fully saturated rings. The van der Waals surface area contributed by atoms with E-state index >= 15 is 0 Å². The van der Waals surface area contributed by atoms with E-state index in [1.54, 1.807) is 18.2 Å². The van der Waals surface area contributed by atoms with Crippen LogP contribution in [0.25, 0.3) is 0 Å². The molecule has 0 aliphatic heterocycles. The summed E-state index contributed by atoms with van der Waals surface area (Å²) in [5, 5.41) is 27.8.